The molecule has 0 aliphatic heterocycles. The average molecular weight is 378 g/mol. The van der Waals surface area contributed by atoms with Gasteiger partial charge in [0, 0.05) is 11.1 Å². The van der Waals surface area contributed by atoms with Gasteiger partial charge in [0.25, 0.3) is 0 Å². The topological polar surface area (TPSA) is 107 Å². The van der Waals surface area contributed by atoms with Gasteiger partial charge < -0.3 is 16.8 Å². The second-order valence-electron chi connectivity index (χ2n) is 4.52. The Morgan fingerprint density at radius 2 is 1.83 bits per heavy atom. The minimum atomic E-state index is -4.65. The van der Waals surface area contributed by atoms with Gasteiger partial charge in [0.05, 0.1) is 17.0 Å². The highest BCUT2D eigenvalue weighted by Gasteiger charge is 2.34. The van der Waals surface area contributed by atoms with Gasteiger partial charge in [-0.15, -0.1) is 0 Å². The first-order chi connectivity index (χ1) is 11.1. The minimum absolute atomic E-state index is 0.0849. The fraction of sp³-hybridized carbons (Fsp3) is 0.154. The number of benzene rings is 1. The van der Waals surface area contributed by atoms with Crippen molar-refractivity contribution in [3.05, 3.63) is 34.9 Å². The monoisotopic (exact) mass is 377 g/mol. The number of alkyl halides is 3. The predicted molar refractivity (Wildman–Crippen MR) is 86.7 cm³/mol. The highest BCUT2D eigenvalue weighted by atomic mass is 35.5. The summed E-state index contributed by atoms with van der Waals surface area (Å²) in [6, 6.07) is 4.42. The Morgan fingerprint density at radius 1 is 1.21 bits per heavy atom. The number of nitrogen functional groups attached to an aromatic ring is 2. The molecule has 0 unspecified atom stereocenters. The standard InChI is InChI=1S/C13H11ClF3N5OS/c14-6-1-2-8(7(3-6)13(15,16)17)20-11(23)5-24-12-21-9(18)4-10(19)22-12/h1-4H,5H2,(H,20,23)(H4,18,19,21,22). The normalized spacial score (nSPS) is 11.3. The summed E-state index contributed by atoms with van der Waals surface area (Å²) in [5, 5.41) is 2.25. The van der Waals surface area contributed by atoms with Crippen LogP contribution in [0.4, 0.5) is 30.5 Å². The summed E-state index contributed by atoms with van der Waals surface area (Å²) in [4.78, 5) is 19.6. The van der Waals surface area contributed by atoms with Crippen LogP contribution in [-0.2, 0) is 11.0 Å². The van der Waals surface area contributed by atoms with Gasteiger partial charge >= 0.3 is 6.18 Å². The van der Waals surface area contributed by atoms with Crippen molar-refractivity contribution in [2.75, 3.05) is 22.5 Å². The molecule has 1 aromatic heterocycles. The molecule has 1 heterocycles. The highest BCUT2D eigenvalue weighted by Crippen LogP contribution is 2.36. The van der Waals surface area contributed by atoms with Gasteiger partial charge in [-0.1, -0.05) is 23.4 Å². The quantitative estimate of drug-likeness (QED) is 0.558. The first-order valence-electron chi connectivity index (χ1n) is 6.34. The molecule has 0 saturated carbocycles. The van der Waals surface area contributed by atoms with E-state index in [1.807, 2.05) is 0 Å². The van der Waals surface area contributed by atoms with Crippen LogP contribution in [0.2, 0.25) is 5.02 Å². The van der Waals surface area contributed by atoms with Crippen molar-refractivity contribution in [2.24, 2.45) is 0 Å². The number of nitrogens with two attached hydrogens (primary N) is 2. The molecule has 11 heteroatoms. The van der Waals surface area contributed by atoms with E-state index in [2.05, 4.69) is 15.3 Å². The number of carbonyl (C=O) groups is 1. The molecule has 128 valence electrons. The average Bonchev–Trinajstić information content (AvgIpc) is 2.45. The fourth-order valence-electron chi connectivity index (χ4n) is 1.70. The van der Waals surface area contributed by atoms with E-state index in [9.17, 15) is 18.0 Å². The molecule has 5 N–H and O–H groups in total. The van der Waals surface area contributed by atoms with E-state index >= 15 is 0 Å². The Kier molecular flexibility index (Phi) is 5.40. The summed E-state index contributed by atoms with van der Waals surface area (Å²) in [6.07, 6.45) is -4.65. The zero-order valence-electron chi connectivity index (χ0n) is 11.9. The molecule has 6 nitrogen and oxygen atoms in total. The number of nitrogens with zero attached hydrogens (tertiary/aromatic N) is 2. The second kappa shape index (κ2) is 7.14. The van der Waals surface area contributed by atoms with Crippen LogP contribution < -0.4 is 16.8 Å². The van der Waals surface area contributed by atoms with Crippen LogP contribution in [0.15, 0.2) is 29.4 Å². The van der Waals surface area contributed by atoms with E-state index < -0.39 is 17.6 Å². The first-order valence-corrected chi connectivity index (χ1v) is 7.71. The number of rotatable bonds is 4. The number of carbonyl (C=O) groups excluding carboxylic acids is 1. The van der Waals surface area contributed by atoms with Crippen LogP contribution in [0, 0.1) is 0 Å². The molecular weight excluding hydrogens is 367 g/mol. The molecule has 0 atom stereocenters. The summed E-state index contributed by atoms with van der Waals surface area (Å²) >= 11 is 6.46. The largest absolute Gasteiger partial charge is 0.418 e. The second-order valence-corrected chi connectivity index (χ2v) is 5.90. The highest BCUT2D eigenvalue weighted by molar-refractivity contribution is 7.99. The summed E-state index contributed by atoms with van der Waals surface area (Å²) in [6.45, 7) is 0. The van der Waals surface area contributed by atoms with Crippen LogP contribution in [-0.4, -0.2) is 21.6 Å². The third-order valence-electron chi connectivity index (χ3n) is 2.64. The Bertz CT molecular complexity index is 752. The summed E-state index contributed by atoms with van der Waals surface area (Å²) in [7, 11) is 0. The Morgan fingerprint density at radius 3 is 2.42 bits per heavy atom. The van der Waals surface area contributed by atoms with Crippen molar-refractivity contribution >= 4 is 46.6 Å². The van der Waals surface area contributed by atoms with E-state index in [1.54, 1.807) is 0 Å². The molecule has 1 amide bonds. The maximum atomic E-state index is 13.0. The van der Waals surface area contributed by atoms with Crippen LogP contribution >= 0.6 is 23.4 Å². The molecular formula is C13H11ClF3N5OS. The van der Waals surface area contributed by atoms with Gasteiger partial charge in [-0.2, -0.15) is 13.2 Å². The third kappa shape index (κ3) is 4.90. The van der Waals surface area contributed by atoms with Crippen LogP contribution in [0.25, 0.3) is 0 Å². The zero-order valence-corrected chi connectivity index (χ0v) is 13.5. The van der Waals surface area contributed by atoms with Gasteiger partial charge in [-0.05, 0) is 18.2 Å². The van der Waals surface area contributed by atoms with Gasteiger partial charge in [0.15, 0.2) is 5.16 Å². The van der Waals surface area contributed by atoms with Crippen molar-refractivity contribution < 1.29 is 18.0 Å². The van der Waals surface area contributed by atoms with E-state index in [0.717, 1.165) is 23.9 Å². The Hall–Kier alpha value is -2.20. The molecule has 0 radical (unpaired) electrons. The van der Waals surface area contributed by atoms with Gasteiger partial charge in [-0.3, -0.25) is 4.79 Å². The number of thioether (sulfide) groups is 1. The number of amides is 1. The van der Waals surface area contributed by atoms with Crippen LogP contribution in [0.1, 0.15) is 5.56 Å². The number of hydrogen-bond acceptors (Lipinski definition) is 6. The molecule has 0 bridgehead atoms. The molecule has 2 rings (SSSR count). The lowest BCUT2D eigenvalue weighted by molar-refractivity contribution is -0.137. The van der Waals surface area contributed by atoms with Gasteiger partial charge in [0.2, 0.25) is 5.91 Å². The number of halogens is 4. The third-order valence-corrected chi connectivity index (χ3v) is 3.72. The molecule has 0 aliphatic carbocycles. The predicted octanol–water partition coefficient (Wildman–Crippen LogP) is 3.04. The Labute approximate surface area is 143 Å². The Balaban J connectivity index is 2.07. The molecule has 0 fully saturated rings. The minimum Gasteiger partial charge on any atom is -0.383 e. The van der Waals surface area contributed by atoms with E-state index in [0.29, 0.717) is 0 Å². The maximum absolute atomic E-state index is 13.0. The molecule has 2 aromatic rings. The van der Waals surface area contributed by atoms with Crippen molar-refractivity contribution in [1.82, 2.24) is 9.97 Å². The lowest BCUT2D eigenvalue weighted by atomic mass is 10.1. The number of anilines is 3. The molecule has 1 aromatic carbocycles. The maximum Gasteiger partial charge on any atom is 0.418 e. The van der Waals surface area contributed by atoms with E-state index in [-0.39, 0.29) is 33.3 Å². The molecule has 24 heavy (non-hydrogen) atoms. The van der Waals surface area contributed by atoms with Crippen molar-refractivity contribution in [3.8, 4) is 0 Å². The molecule has 0 spiro atoms. The van der Waals surface area contributed by atoms with Crippen molar-refractivity contribution in [3.63, 3.8) is 0 Å². The summed E-state index contributed by atoms with van der Waals surface area (Å²) in [5.74, 6) is -0.634. The molecule has 0 aliphatic rings. The van der Waals surface area contributed by atoms with Crippen LogP contribution in [0.3, 0.4) is 0 Å². The van der Waals surface area contributed by atoms with Crippen molar-refractivity contribution in [1.29, 1.82) is 0 Å². The fourth-order valence-corrected chi connectivity index (χ4v) is 2.55. The lowest BCUT2D eigenvalue weighted by Gasteiger charge is -2.14. The lowest BCUT2D eigenvalue weighted by Crippen LogP contribution is -2.18. The first kappa shape index (κ1) is 18.1. The SMILES string of the molecule is Nc1cc(N)nc(SCC(=O)Nc2ccc(Cl)cc2C(F)(F)F)n1. The van der Waals surface area contributed by atoms with Gasteiger partial charge in [0.1, 0.15) is 11.6 Å². The van der Waals surface area contributed by atoms with E-state index in [4.69, 9.17) is 23.1 Å². The van der Waals surface area contributed by atoms with Crippen LogP contribution in [0.5, 0.6) is 0 Å². The number of aromatic nitrogens is 2. The molecule has 0 saturated heterocycles. The summed E-state index contributed by atoms with van der Waals surface area (Å²) in [5.41, 5.74) is 9.56. The van der Waals surface area contributed by atoms with Gasteiger partial charge in [-0.25, -0.2) is 9.97 Å². The smallest absolute Gasteiger partial charge is 0.383 e. The number of nitrogens with one attached hydrogen (secondary N) is 1. The zero-order chi connectivity index (χ0) is 17.9. The van der Waals surface area contributed by atoms with Crippen molar-refractivity contribution in [2.45, 2.75) is 11.3 Å². The summed E-state index contributed by atoms with van der Waals surface area (Å²) < 4.78 is 38.9. The van der Waals surface area contributed by atoms with E-state index in [1.165, 1.54) is 12.1 Å². The number of hydrogen-bond donors (Lipinski definition) is 3.